The number of rotatable bonds is 6. The molecule has 0 atom stereocenters. The Bertz CT molecular complexity index is 654. The third-order valence-electron chi connectivity index (χ3n) is 3.85. The van der Waals surface area contributed by atoms with Crippen LogP contribution in [0.3, 0.4) is 0 Å². The monoisotopic (exact) mass is 334 g/mol. The highest BCUT2D eigenvalue weighted by Gasteiger charge is 2.17. The summed E-state index contributed by atoms with van der Waals surface area (Å²) in [4.78, 5) is 11.9. The average molecular weight is 335 g/mol. The molecule has 1 N–H and O–H groups in total. The fraction of sp³-hybridized carbons (Fsp3) is 0.438. The largest absolute Gasteiger partial charge is 0.489 e. The Hall–Kier alpha value is -2.08. The number of hydrogen-bond acceptors (Lipinski definition) is 4. The van der Waals surface area contributed by atoms with Gasteiger partial charge >= 0.3 is 0 Å². The molecule has 6 nitrogen and oxygen atoms in total. The number of carbonyl (C=O) groups is 1. The fourth-order valence-electron chi connectivity index (χ4n) is 2.65. The molecule has 1 aromatic carbocycles. The summed E-state index contributed by atoms with van der Waals surface area (Å²) in [6.07, 6.45) is 8.47. The second-order valence-electron chi connectivity index (χ2n) is 5.63. The molecule has 1 aliphatic carbocycles. The highest BCUT2D eigenvalue weighted by Crippen LogP contribution is 2.31. The van der Waals surface area contributed by atoms with Gasteiger partial charge < -0.3 is 10.1 Å². The maximum atomic E-state index is 11.9. The molecule has 1 heterocycles. The predicted molar refractivity (Wildman–Crippen MR) is 87.6 cm³/mol. The SMILES string of the molecule is O=C(CCn1ccnn1)Nc1ccc(OC2CCCC2)c(Cl)c1. The molecule has 0 radical (unpaired) electrons. The van der Waals surface area contributed by atoms with Crippen LogP contribution in [-0.2, 0) is 11.3 Å². The molecule has 1 fully saturated rings. The summed E-state index contributed by atoms with van der Waals surface area (Å²) >= 11 is 6.25. The maximum absolute atomic E-state index is 11.9. The summed E-state index contributed by atoms with van der Waals surface area (Å²) in [6.45, 7) is 0.489. The number of anilines is 1. The summed E-state index contributed by atoms with van der Waals surface area (Å²) in [7, 11) is 0. The van der Waals surface area contributed by atoms with Crippen LogP contribution >= 0.6 is 11.6 Å². The fourth-order valence-corrected chi connectivity index (χ4v) is 2.88. The molecule has 0 spiro atoms. The van der Waals surface area contributed by atoms with E-state index in [1.807, 2.05) is 12.1 Å². The van der Waals surface area contributed by atoms with Crippen LogP contribution in [0.1, 0.15) is 32.1 Å². The predicted octanol–water partition coefficient (Wildman–Crippen LogP) is 3.28. The first-order valence-electron chi connectivity index (χ1n) is 7.81. The number of halogens is 1. The van der Waals surface area contributed by atoms with Gasteiger partial charge in [0, 0.05) is 18.3 Å². The lowest BCUT2D eigenvalue weighted by atomic mass is 10.2. The number of amides is 1. The first kappa shape index (κ1) is 15.8. The lowest BCUT2D eigenvalue weighted by molar-refractivity contribution is -0.116. The van der Waals surface area contributed by atoms with Crippen molar-refractivity contribution in [1.82, 2.24) is 15.0 Å². The summed E-state index contributed by atoms with van der Waals surface area (Å²) in [5, 5.41) is 10.9. The molecule has 1 amide bonds. The zero-order valence-corrected chi connectivity index (χ0v) is 13.5. The van der Waals surface area contributed by atoms with E-state index in [0.717, 1.165) is 12.8 Å². The lowest BCUT2D eigenvalue weighted by Gasteiger charge is -2.15. The highest BCUT2D eigenvalue weighted by molar-refractivity contribution is 6.32. The zero-order valence-electron chi connectivity index (χ0n) is 12.7. The van der Waals surface area contributed by atoms with Gasteiger partial charge in [-0.25, -0.2) is 0 Å². The van der Waals surface area contributed by atoms with Crippen molar-refractivity contribution in [2.45, 2.75) is 44.8 Å². The number of aromatic nitrogens is 3. The van der Waals surface area contributed by atoms with Gasteiger partial charge in [0.15, 0.2) is 0 Å². The Balaban J connectivity index is 1.53. The smallest absolute Gasteiger partial charge is 0.226 e. The molecule has 7 heteroatoms. The van der Waals surface area contributed by atoms with Crippen LogP contribution in [0.2, 0.25) is 5.02 Å². The van der Waals surface area contributed by atoms with Crippen molar-refractivity contribution in [3.05, 3.63) is 35.6 Å². The summed E-state index contributed by atoms with van der Waals surface area (Å²) in [5.41, 5.74) is 0.664. The number of benzene rings is 1. The number of nitrogens with zero attached hydrogens (tertiary/aromatic N) is 3. The number of nitrogens with one attached hydrogen (secondary N) is 1. The van der Waals surface area contributed by atoms with Gasteiger partial charge in [0.05, 0.1) is 23.9 Å². The summed E-state index contributed by atoms with van der Waals surface area (Å²) in [6, 6.07) is 5.34. The van der Waals surface area contributed by atoms with Gasteiger partial charge in [0.25, 0.3) is 0 Å². The topological polar surface area (TPSA) is 69.0 Å². The van der Waals surface area contributed by atoms with Crippen LogP contribution in [-0.4, -0.2) is 27.0 Å². The number of ether oxygens (including phenoxy) is 1. The molecule has 23 heavy (non-hydrogen) atoms. The molecule has 3 rings (SSSR count). The third kappa shape index (κ3) is 4.45. The van der Waals surface area contributed by atoms with E-state index in [4.69, 9.17) is 16.3 Å². The quantitative estimate of drug-likeness (QED) is 0.880. The minimum atomic E-state index is -0.0963. The summed E-state index contributed by atoms with van der Waals surface area (Å²) < 4.78 is 7.52. The van der Waals surface area contributed by atoms with Crippen LogP contribution in [0.15, 0.2) is 30.6 Å². The lowest BCUT2D eigenvalue weighted by Crippen LogP contribution is -2.15. The van der Waals surface area contributed by atoms with E-state index in [1.54, 1.807) is 23.1 Å². The first-order valence-corrected chi connectivity index (χ1v) is 8.18. The number of carbonyl (C=O) groups excluding carboxylic acids is 1. The van der Waals surface area contributed by atoms with Gasteiger partial charge in [-0.05, 0) is 43.9 Å². The van der Waals surface area contributed by atoms with E-state index < -0.39 is 0 Å². The Morgan fingerprint density at radius 3 is 2.91 bits per heavy atom. The molecule has 0 bridgehead atoms. The molecule has 0 saturated heterocycles. The average Bonchev–Trinajstić information content (AvgIpc) is 3.21. The third-order valence-corrected chi connectivity index (χ3v) is 4.15. The Labute approximate surface area is 139 Å². The van der Waals surface area contributed by atoms with Crippen molar-refractivity contribution in [2.24, 2.45) is 0 Å². The van der Waals surface area contributed by atoms with Crippen LogP contribution in [0.5, 0.6) is 5.75 Å². The molecule has 0 aliphatic heterocycles. The zero-order chi connectivity index (χ0) is 16.1. The van der Waals surface area contributed by atoms with E-state index in [2.05, 4.69) is 15.6 Å². The Morgan fingerprint density at radius 2 is 2.22 bits per heavy atom. The Morgan fingerprint density at radius 1 is 1.39 bits per heavy atom. The van der Waals surface area contributed by atoms with Crippen LogP contribution < -0.4 is 10.1 Å². The number of aryl methyl sites for hydroxylation is 1. The normalized spacial score (nSPS) is 14.8. The maximum Gasteiger partial charge on any atom is 0.226 e. The molecule has 122 valence electrons. The first-order chi connectivity index (χ1) is 11.2. The van der Waals surface area contributed by atoms with E-state index in [9.17, 15) is 4.79 Å². The van der Waals surface area contributed by atoms with Crippen molar-refractivity contribution in [1.29, 1.82) is 0 Å². The highest BCUT2D eigenvalue weighted by atomic mass is 35.5. The minimum absolute atomic E-state index is 0.0963. The molecule has 0 unspecified atom stereocenters. The minimum Gasteiger partial charge on any atom is -0.489 e. The van der Waals surface area contributed by atoms with Crippen molar-refractivity contribution < 1.29 is 9.53 Å². The molecule has 1 saturated carbocycles. The number of hydrogen-bond donors (Lipinski definition) is 1. The van der Waals surface area contributed by atoms with Crippen molar-refractivity contribution >= 4 is 23.2 Å². The summed E-state index contributed by atoms with van der Waals surface area (Å²) in [5.74, 6) is 0.584. The molecule has 2 aromatic rings. The van der Waals surface area contributed by atoms with Gasteiger partial charge in [-0.2, -0.15) is 0 Å². The van der Waals surface area contributed by atoms with Gasteiger partial charge in [-0.15, -0.1) is 5.10 Å². The van der Waals surface area contributed by atoms with E-state index in [1.165, 1.54) is 12.8 Å². The van der Waals surface area contributed by atoms with Crippen molar-refractivity contribution in [2.75, 3.05) is 5.32 Å². The van der Waals surface area contributed by atoms with Gasteiger partial charge in [-0.1, -0.05) is 16.8 Å². The van der Waals surface area contributed by atoms with Gasteiger partial charge in [0.1, 0.15) is 5.75 Å². The van der Waals surface area contributed by atoms with E-state index >= 15 is 0 Å². The second-order valence-corrected chi connectivity index (χ2v) is 6.04. The van der Waals surface area contributed by atoms with E-state index in [0.29, 0.717) is 29.4 Å². The molecular formula is C16H19ClN4O2. The standard InChI is InChI=1S/C16H19ClN4O2/c17-14-11-12(5-6-15(14)23-13-3-1-2-4-13)19-16(22)7-9-21-10-8-18-20-21/h5-6,8,10-11,13H,1-4,7,9H2,(H,19,22). The van der Waals surface area contributed by atoms with Gasteiger partial charge in [-0.3, -0.25) is 9.48 Å². The van der Waals surface area contributed by atoms with E-state index in [-0.39, 0.29) is 12.0 Å². The van der Waals surface area contributed by atoms with Gasteiger partial charge in [0.2, 0.25) is 5.91 Å². The van der Waals surface area contributed by atoms with Crippen molar-refractivity contribution in [3.63, 3.8) is 0 Å². The molecular weight excluding hydrogens is 316 g/mol. The van der Waals surface area contributed by atoms with Crippen LogP contribution in [0.4, 0.5) is 5.69 Å². The molecule has 1 aromatic heterocycles. The second kappa shape index (κ2) is 7.46. The Kier molecular flexibility index (Phi) is 5.12. The van der Waals surface area contributed by atoms with Crippen LogP contribution in [0, 0.1) is 0 Å². The molecule has 1 aliphatic rings. The van der Waals surface area contributed by atoms with Crippen molar-refractivity contribution in [3.8, 4) is 5.75 Å². The van der Waals surface area contributed by atoms with Crippen LogP contribution in [0.25, 0.3) is 0 Å².